The van der Waals surface area contributed by atoms with Gasteiger partial charge >= 0.3 is 0 Å². The van der Waals surface area contributed by atoms with Crippen LogP contribution in [0.15, 0.2) is 72.8 Å². The van der Waals surface area contributed by atoms with E-state index in [9.17, 15) is 4.79 Å². The molecule has 1 fully saturated rings. The molecule has 180 valence electrons. The summed E-state index contributed by atoms with van der Waals surface area (Å²) in [6.07, 6.45) is 0. The maximum absolute atomic E-state index is 13.2. The topological polar surface area (TPSA) is 59.8 Å². The first-order valence-corrected chi connectivity index (χ1v) is 11.9. The summed E-state index contributed by atoms with van der Waals surface area (Å²) in [5, 5.41) is 0. The van der Waals surface area contributed by atoms with E-state index in [0.717, 1.165) is 43.0 Å². The van der Waals surface area contributed by atoms with Gasteiger partial charge in [0.25, 0.3) is 5.91 Å². The number of nitrogens with zero attached hydrogens (tertiary/aromatic N) is 4. The third-order valence-corrected chi connectivity index (χ3v) is 6.58. The van der Waals surface area contributed by atoms with Gasteiger partial charge in [-0.1, -0.05) is 48.5 Å². The van der Waals surface area contributed by atoms with E-state index in [0.29, 0.717) is 30.2 Å². The lowest BCUT2D eigenvalue weighted by atomic mass is 10.1. The summed E-state index contributed by atoms with van der Waals surface area (Å²) in [4.78, 5) is 22.5. The molecule has 0 atom stereocenters. The molecule has 0 aliphatic carbocycles. The highest BCUT2D eigenvalue weighted by atomic mass is 16.5. The fraction of sp³-hybridized carbons (Fsp3) is 0.286. The van der Waals surface area contributed by atoms with Crippen molar-refractivity contribution in [1.29, 1.82) is 0 Å². The summed E-state index contributed by atoms with van der Waals surface area (Å²) >= 11 is 0. The number of aromatic nitrogens is 2. The predicted octanol–water partition coefficient (Wildman–Crippen LogP) is 4.06. The van der Waals surface area contributed by atoms with E-state index in [1.54, 1.807) is 26.4 Å². The summed E-state index contributed by atoms with van der Waals surface area (Å²) in [7, 11) is 3.14. The Balaban J connectivity index is 1.30. The van der Waals surface area contributed by atoms with Crippen molar-refractivity contribution in [2.45, 2.75) is 13.1 Å². The van der Waals surface area contributed by atoms with Gasteiger partial charge in [0.2, 0.25) is 0 Å². The van der Waals surface area contributed by atoms with Crippen molar-refractivity contribution in [2.24, 2.45) is 0 Å². The number of para-hydroxylation sites is 3. The van der Waals surface area contributed by atoms with Crippen LogP contribution in [-0.4, -0.2) is 65.7 Å². The predicted molar refractivity (Wildman–Crippen MR) is 136 cm³/mol. The monoisotopic (exact) mass is 470 g/mol. The highest BCUT2D eigenvalue weighted by Gasteiger charge is 2.26. The standard InChI is InChI=1S/C28H30N4O3/c1-34-25-14-8-11-22(27(25)35-2)28(33)31-17-15-30(16-18-31)20-26-29-23-12-6-7-13-24(23)32(26)19-21-9-4-3-5-10-21/h3-14H,15-20H2,1-2H3. The second-order valence-electron chi connectivity index (χ2n) is 8.70. The summed E-state index contributed by atoms with van der Waals surface area (Å²) in [6.45, 7) is 4.39. The Kier molecular flexibility index (Phi) is 6.68. The van der Waals surface area contributed by atoms with Crippen molar-refractivity contribution in [3.63, 3.8) is 0 Å². The van der Waals surface area contributed by atoms with E-state index in [-0.39, 0.29) is 5.91 Å². The van der Waals surface area contributed by atoms with Gasteiger partial charge in [-0.2, -0.15) is 0 Å². The summed E-state index contributed by atoms with van der Waals surface area (Å²) < 4.78 is 13.1. The Morgan fingerprint density at radius 1 is 0.829 bits per heavy atom. The zero-order chi connectivity index (χ0) is 24.2. The van der Waals surface area contributed by atoms with E-state index in [2.05, 4.69) is 51.9 Å². The molecule has 1 aliphatic rings. The Morgan fingerprint density at radius 3 is 2.31 bits per heavy atom. The molecule has 0 saturated carbocycles. The van der Waals surface area contributed by atoms with Crippen molar-refractivity contribution in [1.82, 2.24) is 19.4 Å². The Bertz CT molecular complexity index is 1310. The summed E-state index contributed by atoms with van der Waals surface area (Å²) in [5.41, 5.74) is 3.94. The first-order chi connectivity index (χ1) is 17.2. The van der Waals surface area contributed by atoms with E-state index in [4.69, 9.17) is 14.5 Å². The SMILES string of the molecule is COc1cccc(C(=O)N2CCN(Cc3nc4ccccc4n3Cc3ccccc3)CC2)c1OC. The first kappa shape index (κ1) is 22.9. The van der Waals surface area contributed by atoms with Crippen LogP contribution >= 0.6 is 0 Å². The van der Waals surface area contributed by atoms with Gasteiger partial charge in [0, 0.05) is 32.7 Å². The molecule has 2 heterocycles. The molecule has 0 unspecified atom stereocenters. The number of carbonyl (C=O) groups is 1. The van der Waals surface area contributed by atoms with Crippen LogP contribution in [-0.2, 0) is 13.1 Å². The van der Waals surface area contributed by atoms with Crippen LogP contribution in [0.5, 0.6) is 11.5 Å². The van der Waals surface area contributed by atoms with Crippen LogP contribution in [0.2, 0.25) is 0 Å². The number of carbonyl (C=O) groups excluding carboxylic acids is 1. The largest absolute Gasteiger partial charge is 0.493 e. The van der Waals surface area contributed by atoms with Crippen molar-refractivity contribution < 1.29 is 14.3 Å². The Labute approximate surface area is 205 Å². The van der Waals surface area contributed by atoms with Crippen LogP contribution in [0.4, 0.5) is 0 Å². The molecule has 1 aliphatic heterocycles. The smallest absolute Gasteiger partial charge is 0.257 e. The van der Waals surface area contributed by atoms with Crippen LogP contribution in [0.3, 0.4) is 0 Å². The molecule has 0 spiro atoms. The fourth-order valence-corrected chi connectivity index (χ4v) is 4.72. The highest BCUT2D eigenvalue weighted by molar-refractivity contribution is 5.98. The summed E-state index contributed by atoms with van der Waals surface area (Å²) in [5.74, 6) is 2.06. The maximum Gasteiger partial charge on any atom is 0.257 e. The molecule has 7 nitrogen and oxygen atoms in total. The molecule has 1 amide bonds. The fourth-order valence-electron chi connectivity index (χ4n) is 4.72. The average molecular weight is 471 g/mol. The van der Waals surface area contributed by atoms with Gasteiger partial charge in [-0.25, -0.2) is 4.98 Å². The van der Waals surface area contributed by atoms with Crippen molar-refractivity contribution in [3.8, 4) is 11.5 Å². The Morgan fingerprint density at radius 2 is 1.57 bits per heavy atom. The molecule has 0 radical (unpaired) electrons. The van der Waals surface area contributed by atoms with Gasteiger partial charge in [-0.3, -0.25) is 9.69 Å². The molecule has 0 bridgehead atoms. The minimum absolute atomic E-state index is 0.0308. The third-order valence-electron chi connectivity index (χ3n) is 6.58. The molecular formula is C28H30N4O3. The number of imidazole rings is 1. The molecule has 4 aromatic rings. The minimum atomic E-state index is -0.0308. The molecule has 7 heteroatoms. The lowest BCUT2D eigenvalue weighted by molar-refractivity contribution is 0.0620. The van der Waals surface area contributed by atoms with Crippen LogP contribution in [0, 0.1) is 0 Å². The number of fused-ring (bicyclic) bond motifs is 1. The van der Waals surface area contributed by atoms with E-state index < -0.39 is 0 Å². The average Bonchev–Trinajstić information content (AvgIpc) is 3.25. The maximum atomic E-state index is 13.2. The Hall–Kier alpha value is -3.84. The minimum Gasteiger partial charge on any atom is -0.493 e. The number of methoxy groups -OCH3 is 2. The van der Waals surface area contributed by atoms with E-state index >= 15 is 0 Å². The van der Waals surface area contributed by atoms with E-state index in [1.807, 2.05) is 23.1 Å². The van der Waals surface area contributed by atoms with Gasteiger partial charge in [0.15, 0.2) is 11.5 Å². The van der Waals surface area contributed by atoms with Crippen LogP contribution in [0.1, 0.15) is 21.7 Å². The zero-order valence-electron chi connectivity index (χ0n) is 20.2. The first-order valence-electron chi connectivity index (χ1n) is 11.9. The number of amides is 1. The van der Waals surface area contributed by atoms with Gasteiger partial charge in [-0.15, -0.1) is 0 Å². The second-order valence-corrected chi connectivity index (χ2v) is 8.70. The van der Waals surface area contributed by atoms with Crippen LogP contribution in [0.25, 0.3) is 11.0 Å². The van der Waals surface area contributed by atoms with Crippen molar-refractivity contribution in [3.05, 3.63) is 89.7 Å². The van der Waals surface area contributed by atoms with Gasteiger partial charge in [-0.05, 0) is 29.8 Å². The van der Waals surface area contributed by atoms with E-state index in [1.165, 1.54) is 5.56 Å². The van der Waals surface area contributed by atoms with Gasteiger partial charge < -0.3 is 18.9 Å². The third kappa shape index (κ3) is 4.72. The lowest BCUT2D eigenvalue weighted by Gasteiger charge is -2.34. The zero-order valence-corrected chi connectivity index (χ0v) is 20.2. The normalized spacial score (nSPS) is 14.3. The number of hydrogen-bond acceptors (Lipinski definition) is 5. The quantitative estimate of drug-likeness (QED) is 0.408. The van der Waals surface area contributed by atoms with Gasteiger partial charge in [0.1, 0.15) is 5.82 Å². The van der Waals surface area contributed by atoms with Crippen molar-refractivity contribution in [2.75, 3.05) is 40.4 Å². The second kappa shape index (κ2) is 10.2. The van der Waals surface area contributed by atoms with Gasteiger partial charge in [0.05, 0.1) is 37.4 Å². The molecular weight excluding hydrogens is 440 g/mol. The van der Waals surface area contributed by atoms with Crippen molar-refractivity contribution >= 4 is 16.9 Å². The highest BCUT2D eigenvalue weighted by Crippen LogP contribution is 2.31. The molecule has 3 aromatic carbocycles. The number of ether oxygens (including phenoxy) is 2. The molecule has 1 saturated heterocycles. The molecule has 1 aromatic heterocycles. The van der Waals surface area contributed by atoms with Crippen LogP contribution < -0.4 is 9.47 Å². The number of hydrogen-bond donors (Lipinski definition) is 0. The number of piperazine rings is 1. The molecule has 5 rings (SSSR count). The molecule has 0 N–H and O–H groups in total. The molecule has 35 heavy (non-hydrogen) atoms. The number of benzene rings is 3. The summed E-state index contributed by atoms with van der Waals surface area (Å²) in [6, 6.07) is 24.2. The lowest BCUT2D eigenvalue weighted by Crippen LogP contribution is -2.48. The number of rotatable bonds is 7.